The summed E-state index contributed by atoms with van der Waals surface area (Å²) in [5.41, 5.74) is 7.76. The normalized spacial score (nSPS) is 15.1. The van der Waals surface area contributed by atoms with Crippen LogP contribution in [0.5, 0.6) is 11.5 Å². The average molecular weight is 549 g/mol. The maximum absolute atomic E-state index is 12.7. The Balaban J connectivity index is 1.35. The Hall–Kier alpha value is -3.13. The van der Waals surface area contributed by atoms with Crippen molar-refractivity contribution in [2.45, 2.75) is 20.0 Å². The Bertz CT molecular complexity index is 1250. The molecule has 1 heterocycles. The van der Waals surface area contributed by atoms with Crippen LogP contribution < -0.4 is 25.2 Å². The first-order chi connectivity index (χ1) is 17.3. The van der Waals surface area contributed by atoms with E-state index in [4.69, 9.17) is 44.3 Å². The minimum Gasteiger partial charge on any atom is -0.490 e. The Morgan fingerprint density at radius 2 is 1.75 bits per heavy atom. The van der Waals surface area contributed by atoms with Gasteiger partial charge in [0.25, 0.3) is 0 Å². The Morgan fingerprint density at radius 1 is 0.972 bits per heavy atom. The lowest BCUT2D eigenvalue weighted by molar-refractivity contribution is -0.125. The standard InChI is InChI=1S/C26H24Cl3N3O4/c1-2-35-24-13-19(6-10-23(24)36-15-16-3-9-21(28)22(29)11-16)30-31-26(34)17-12-25(33)32(14-17)20-7-4-18(27)5-8-20/h3-11,13,17,30H,2,12,14-15H2,1H3,(H,31,34)/t17-/m1/s1. The van der Waals surface area contributed by atoms with Gasteiger partial charge in [0.1, 0.15) is 6.61 Å². The maximum atomic E-state index is 12.7. The predicted octanol–water partition coefficient (Wildman–Crippen LogP) is 6.12. The zero-order chi connectivity index (χ0) is 25.7. The fourth-order valence-corrected chi connectivity index (χ4v) is 4.20. The highest BCUT2D eigenvalue weighted by Crippen LogP contribution is 2.32. The van der Waals surface area contributed by atoms with E-state index in [0.29, 0.717) is 51.1 Å². The molecule has 4 rings (SSSR count). The van der Waals surface area contributed by atoms with Gasteiger partial charge in [-0.2, -0.15) is 0 Å². The second-order valence-corrected chi connectivity index (χ2v) is 9.38. The van der Waals surface area contributed by atoms with Gasteiger partial charge in [0, 0.05) is 29.7 Å². The Kier molecular flexibility index (Phi) is 8.46. The highest BCUT2D eigenvalue weighted by atomic mass is 35.5. The first-order valence-corrected chi connectivity index (χ1v) is 12.4. The molecule has 7 nitrogen and oxygen atoms in total. The summed E-state index contributed by atoms with van der Waals surface area (Å²) in [7, 11) is 0. The molecule has 2 amide bonds. The van der Waals surface area contributed by atoms with Crippen LogP contribution in [0.25, 0.3) is 0 Å². The van der Waals surface area contributed by atoms with E-state index in [1.807, 2.05) is 13.0 Å². The van der Waals surface area contributed by atoms with Gasteiger partial charge in [0.15, 0.2) is 11.5 Å². The molecular weight excluding hydrogens is 525 g/mol. The second-order valence-electron chi connectivity index (χ2n) is 8.13. The molecule has 3 aromatic rings. The molecule has 0 saturated carbocycles. The van der Waals surface area contributed by atoms with Crippen molar-refractivity contribution in [2.75, 3.05) is 23.5 Å². The number of carbonyl (C=O) groups excluding carboxylic acids is 2. The third-order valence-corrected chi connectivity index (χ3v) is 6.58. The number of rotatable bonds is 9. The summed E-state index contributed by atoms with van der Waals surface area (Å²) in [6.07, 6.45) is 0.127. The van der Waals surface area contributed by atoms with E-state index in [1.165, 1.54) is 0 Å². The lowest BCUT2D eigenvalue weighted by Gasteiger charge is -2.17. The van der Waals surface area contributed by atoms with Crippen molar-refractivity contribution >= 4 is 58.0 Å². The molecule has 3 aromatic carbocycles. The van der Waals surface area contributed by atoms with Crippen LogP contribution in [0, 0.1) is 5.92 Å². The van der Waals surface area contributed by atoms with Crippen LogP contribution in [0.2, 0.25) is 15.1 Å². The molecular formula is C26H24Cl3N3O4. The van der Waals surface area contributed by atoms with Crippen molar-refractivity contribution in [1.82, 2.24) is 5.43 Å². The number of benzene rings is 3. The quantitative estimate of drug-likeness (QED) is 0.315. The van der Waals surface area contributed by atoms with Crippen LogP contribution >= 0.6 is 34.8 Å². The third-order valence-electron chi connectivity index (χ3n) is 5.59. The molecule has 1 aliphatic rings. The zero-order valence-corrected chi connectivity index (χ0v) is 21.7. The van der Waals surface area contributed by atoms with Crippen LogP contribution in [0.3, 0.4) is 0 Å². The van der Waals surface area contributed by atoms with Gasteiger partial charge in [0.05, 0.1) is 28.3 Å². The van der Waals surface area contributed by atoms with Crippen molar-refractivity contribution in [1.29, 1.82) is 0 Å². The van der Waals surface area contributed by atoms with E-state index in [1.54, 1.807) is 59.5 Å². The molecule has 1 atom stereocenters. The maximum Gasteiger partial charge on any atom is 0.243 e. The molecule has 0 bridgehead atoms. The number of hydrogen-bond donors (Lipinski definition) is 2. The molecule has 2 N–H and O–H groups in total. The van der Waals surface area contributed by atoms with E-state index in [2.05, 4.69) is 10.9 Å². The molecule has 0 radical (unpaired) electrons. The number of hydrogen-bond acceptors (Lipinski definition) is 5. The van der Waals surface area contributed by atoms with Crippen LogP contribution in [0.1, 0.15) is 18.9 Å². The van der Waals surface area contributed by atoms with Crippen molar-refractivity contribution < 1.29 is 19.1 Å². The number of carbonyl (C=O) groups is 2. The molecule has 188 valence electrons. The zero-order valence-electron chi connectivity index (χ0n) is 19.4. The number of hydrazine groups is 1. The molecule has 0 aliphatic carbocycles. The first-order valence-electron chi connectivity index (χ1n) is 11.3. The van der Waals surface area contributed by atoms with E-state index >= 15 is 0 Å². The SMILES string of the molecule is CCOc1cc(NNC(=O)[C@@H]2CC(=O)N(c3ccc(Cl)cc3)C2)ccc1OCc1ccc(Cl)c(Cl)c1. The smallest absolute Gasteiger partial charge is 0.243 e. The van der Waals surface area contributed by atoms with Gasteiger partial charge in [-0.05, 0) is 61.0 Å². The minimum atomic E-state index is -0.485. The van der Waals surface area contributed by atoms with Gasteiger partial charge in [-0.15, -0.1) is 0 Å². The van der Waals surface area contributed by atoms with E-state index < -0.39 is 5.92 Å². The number of nitrogens with zero attached hydrogens (tertiary/aromatic N) is 1. The molecule has 10 heteroatoms. The molecule has 0 spiro atoms. The van der Waals surface area contributed by atoms with Crippen LogP contribution in [0.4, 0.5) is 11.4 Å². The highest BCUT2D eigenvalue weighted by Gasteiger charge is 2.35. The highest BCUT2D eigenvalue weighted by molar-refractivity contribution is 6.42. The number of nitrogens with one attached hydrogen (secondary N) is 2. The summed E-state index contributed by atoms with van der Waals surface area (Å²) in [6.45, 7) is 2.87. The van der Waals surface area contributed by atoms with Gasteiger partial charge in [0.2, 0.25) is 11.8 Å². The topological polar surface area (TPSA) is 79.9 Å². The minimum absolute atomic E-state index is 0.111. The van der Waals surface area contributed by atoms with Gasteiger partial charge in [-0.25, -0.2) is 0 Å². The molecule has 1 aliphatic heterocycles. The summed E-state index contributed by atoms with van der Waals surface area (Å²) in [4.78, 5) is 26.8. The van der Waals surface area contributed by atoms with Crippen molar-refractivity contribution in [3.63, 3.8) is 0 Å². The van der Waals surface area contributed by atoms with Gasteiger partial charge in [-0.3, -0.25) is 20.4 Å². The molecule has 0 aromatic heterocycles. The van der Waals surface area contributed by atoms with E-state index in [0.717, 1.165) is 5.56 Å². The number of halogens is 3. The van der Waals surface area contributed by atoms with Gasteiger partial charge >= 0.3 is 0 Å². The second kappa shape index (κ2) is 11.7. The first kappa shape index (κ1) is 25.9. The summed E-state index contributed by atoms with van der Waals surface area (Å²) in [5, 5.41) is 1.52. The fourth-order valence-electron chi connectivity index (χ4n) is 3.75. The molecule has 1 saturated heterocycles. The van der Waals surface area contributed by atoms with Crippen LogP contribution in [-0.2, 0) is 16.2 Å². The summed E-state index contributed by atoms with van der Waals surface area (Å²) >= 11 is 18.0. The van der Waals surface area contributed by atoms with Crippen LogP contribution in [0.15, 0.2) is 60.7 Å². The monoisotopic (exact) mass is 547 g/mol. The summed E-state index contributed by atoms with van der Waals surface area (Å²) < 4.78 is 11.6. The largest absolute Gasteiger partial charge is 0.490 e. The number of amides is 2. The molecule has 1 fully saturated rings. The Morgan fingerprint density at radius 3 is 2.47 bits per heavy atom. The van der Waals surface area contributed by atoms with Crippen molar-refractivity contribution in [2.24, 2.45) is 5.92 Å². The average Bonchev–Trinajstić information content (AvgIpc) is 3.26. The number of ether oxygens (including phenoxy) is 2. The van der Waals surface area contributed by atoms with Gasteiger partial charge in [-0.1, -0.05) is 40.9 Å². The summed E-state index contributed by atoms with van der Waals surface area (Å²) in [5.74, 6) is 0.180. The number of anilines is 2. The van der Waals surface area contributed by atoms with Gasteiger partial charge < -0.3 is 14.4 Å². The van der Waals surface area contributed by atoms with Crippen LogP contribution in [-0.4, -0.2) is 25.0 Å². The lowest BCUT2D eigenvalue weighted by Crippen LogP contribution is -2.36. The third kappa shape index (κ3) is 6.35. The lowest BCUT2D eigenvalue weighted by atomic mass is 10.1. The summed E-state index contributed by atoms with van der Waals surface area (Å²) in [6, 6.07) is 17.5. The predicted molar refractivity (Wildman–Crippen MR) is 142 cm³/mol. The molecule has 0 unspecified atom stereocenters. The van der Waals surface area contributed by atoms with Crippen molar-refractivity contribution in [3.8, 4) is 11.5 Å². The molecule has 36 heavy (non-hydrogen) atoms. The Labute approximate surface area is 224 Å². The van der Waals surface area contributed by atoms with E-state index in [-0.39, 0.29) is 24.8 Å². The van der Waals surface area contributed by atoms with Crippen molar-refractivity contribution in [3.05, 3.63) is 81.3 Å². The van der Waals surface area contributed by atoms with E-state index in [9.17, 15) is 9.59 Å². The fraction of sp³-hybridized carbons (Fsp3) is 0.231.